The van der Waals surface area contributed by atoms with Crippen molar-refractivity contribution in [3.8, 4) is 5.75 Å². The number of aromatic nitrogens is 2. The lowest BCUT2D eigenvalue weighted by Gasteiger charge is -2.24. The molecule has 2 aromatic rings. The van der Waals surface area contributed by atoms with E-state index in [0.29, 0.717) is 18.3 Å². The zero-order chi connectivity index (χ0) is 16.8. The Balaban J connectivity index is 0.00000225. The lowest BCUT2D eigenvalue weighted by atomic mass is 10.1. The molecule has 1 fully saturated rings. The van der Waals surface area contributed by atoms with E-state index in [1.54, 1.807) is 7.11 Å². The smallest absolute Gasteiger partial charge is 0.240 e. The van der Waals surface area contributed by atoms with Crippen LogP contribution in [0.25, 0.3) is 0 Å². The van der Waals surface area contributed by atoms with Gasteiger partial charge in [-0.25, -0.2) is 0 Å². The minimum absolute atomic E-state index is 0. The summed E-state index contributed by atoms with van der Waals surface area (Å²) in [7, 11) is 1.68. The molecule has 1 saturated heterocycles. The second-order valence-electron chi connectivity index (χ2n) is 5.96. The van der Waals surface area contributed by atoms with Crippen LogP contribution in [0.2, 0.25) is 0 Å². The molecule has 0 spiro atoms. The number of rotatable bonds is 8. The van der Waals surface area contributed by atoms with Crippen LogP contribution in [0, 0.1) is 0 Å². The molecule has 1 aliphatic rings. The molecule has 3 rings (SSSR count). The fourth-order valence-electron chi connectivity index (χ4n) is 2.93. The zero-order valence-corrected chi connectivity index (χ0v) is 15.2. The first-order valence-electron chi connectivity index (χ1n) is 8.25. The number of nitrogens with two attached hydrogens (primary N) is 1. The van der Waals surface area contributed by atoms with Crippen molar-refractivity contribution < 1.29 is 14.0 Å². The number of hydrogen-bond donors (Lipinski definition) is 1. The number of nitrogens with zero attached hydrogens (tertiary/aromatic N) is 3. The molecule has 25 heavy (non-hydrogen) atoms. The number of ether oxygens (including phenoxy) is 2. The van der Waals surface area contributed by atoms with Gasteiger partial charge in [0.25, 0.3) is 0 Å². The molecule has 0 amide bonds. The first kappa shape index (κ1) is 19.7. The number of benzene rings is 1. The van der Waals surface area contributed by atoms with Crippen molar-refractivity contribution in [1.29, 1.82) is 0 Å². The minimum Gasteiger partial charge on any atom is -0.497 e. The Morgan fingerprint density at radius 2 is 2.24 bits per heavy atom. The van der Waals surface area contributed by atoms with Gasteiger partial charge >= 0.3 is 0 Å². The molecule has 0 bridgehead atoms. The summed E-state index contributed by atoms with van der Waals surface area (Å²) in [5.74, 6) is 1.97. The van der Waals surface area contributed by atoms with Gasteiger partial charge in [0.15, 0.2) is 5.82 Å². The van der Waals surface area contributed by atoms with Crippen molar-refractivity contribution >= 4 is 12.4 Å². The molecule has 1 aromatic carbocycles. The summed E-state index contributed by atoms with van der Waals surface area (Å²) in [5.41, 5.74) is 6.71. The fraction of sp³-hybridized carbons (Fsp3) is 0.529. The Hall–Kier alpha value is -1.67. The van der Waals surface area contributed by atoms with Gasteiger partial charge in [-0.2, -0.15) is 4.98 Å². The first-order valence-corrected chi connectivity index (χ1v) is 8.25. The van der Waals surface area contributed by atoms with E-state index in [0.717, 1.165) is 38.3 Å². The van der Waals surface area contributed by atoms with E-state index >= 15 is 0 Å². The predicted octanol–water partition coefficient (Wildman–Crippen LogP) is 2.14. The minimum atomic E-state index is 0. The van der Waals surface area contributed by atoms with Crippen LogP contribution in [0.3, 0.4) is 0 Å². The quantitative estimate of drug-likeness (QED) is 0.763. The normalized spacial score (nSPS) is 16.8. The molecule has 1 unspecified atom stereocenters. The molecule has 1 atom stereocenters. The van der Waals surface area contributed by atoms with E-state index < -0.39 is 0 Å². The Kier molecular flexibility index (Phi) is 7.64. The highest BCUT2D eigenvalue weighted by Crippen LogP contribution is 2.19. The van der Waals surface area contributed by atoms with E-state index in [2.05, 4.69) is 21.1 Å². The highest BCUT2D eigenvalue weighted by atomic mass is 35.5. The molecule has 0 saturated carbocycles. The SMILES string of the molecule is COc1cccc(CN(Cc2noc(CN)n2)CC2CCCO2)c1.Cl. The molecule has 0 aliphatic carbocycles. The second-order valence-corrected chi connectivity index (χ2v) is 5.96. The zero-order valence-electron chi connectivity index (χ0n) is 14.4. The lowest BCUT2D eigenvalue weighted by Crippen LogP contribution is -2.31. The lowest BCUT2D eigenvalue weighted by molar-refractivity contribution is 0.0667. The monoisotopic (exact) mass is 368 g/mol. The molecule has 138 valence electrons. The average Bonchev–Trinajstić information content (AvgIpc) is 3.26. The Morgan fingerprint density at radius 1 is 1.36 bits per heavy atom. The van der Waals surface area contributed by atoms with Crippen LogP contribution in [0.4, 0.5) is 0 Å². The highest BCUT2D eigenvalue weighted by Gasteiger charge is 2.21. The van der Waals surface area contributed by atoms with Crippen LogP contribution in [0.1, 0.15) is 30.1 Å². The Labute approximate surface area is 153 Å². The molecule has 2 heterocycles. The summed E-state index contributed by atoms with van der Waals surface area (Å²) in [6.45, 7) is 3.31. The molecule has 8 heteroatoms. The summed E-state index contributed by atoms with van der Waals surface area (Å²) in [5, 5.41) is 4.00. The van der Waals surface area contributed by atoms with Gasteiger partial charge in [0.05, 0.1) is 26.3 Å². The summed E-state index contributed by atoms with van der Waals surface area (Å²) < 4.78 is 16.2. The van der Waals surface area contributed by atoms with Crippen molar-refractivity contribution in [2.45, 2.75) is 38.6 Å². The van der Waals surface area contributed by atoms with Crippen LogP contribution in [0.15, 0.2) is 28.8 Å². The van der Waals surface area contributed by atoms with E-state index in [4.69, 9.17) is 19.7 Å². The van der Waals surface area contributed by atoms with Gasteiger partial charge < -0.3 is 19.7 Å². The average molecular weight is 369 g/mol. The third-order valence-corrected chi connectivity index (χ3v) is 4.08. The van der Waals surface area contributed by atoms with Gasteiger partial charge in [-0.1, -0.05) is 17.3 Å². The van der Waals surface area contributed by atoms with Gasteiger partial charge in [0.2, 0.25) is 5.89 Å². The fourth-order valence-corrected chi connectivity index (χ4v) is 2.93. The van der Waals surface area contributed by atoms with E-state index in [-0.39, 0.29) is 25.1 Å². The van der Waals surface area contributed by atoms with Crippen molar-refractivity contribution in [2.24, 2.45) is 5.73 Å². The second kappa shape index (κ2) is 9.72. The van der Waals surface area contributed by atoms with E-state index in [9.17, 15) is 0 Å². The maximum absolute atomic E-state index is 5.78. The maximum Gasteiger partial charge on any atom is 0.240 e. The number of hydrogen-bond acceptors (Lipinski definition) is 7. The molecule has 1 aromatic heterocycles. The number of halogens is 1. The third-order valence-electron chi connectivity index (χ3n) is 4.08. The number of methoxy groups -OCH3 is 1. The Bertz CT molecular complexity index is 646. The van der Waals surface area contributed by atoms with Gasteiger partial charge in [-0.05, 0) is 30.5 Å². The first-order chi connectivity index (χ1) is 11.8. The molecule has 0 radical (unpaired) electrons. The third kappa shape index (κ3) is 5.67. The van der Waals surface area contributed by atoms with Gasteiger partial charge in [0, 0.05) is 19.7 Å². The van der Waals surface area contributed by atoms with E-state index in [1.807, 2.05) is 18.2 Å². The predicted molar refractivity (Wildman–Crippen MR) is 95.5 cm³/mol. The Morgan fingerprint density at radius 3 is 2.92 bits per heavy atom. The van der Waals surface area contributed by atoms with Crippen LogP contribution >= 0.6 is 12.4 Å². The summed E-state index contributed by atoms with van der Waals surface area (Å²) in [4.78, 5) is 6.58. The van der Waals surface area contributed by atoms with Crippen molar-refractivity contribution in [3.63, 3.8) is 0 Å². The van der Waals surface area contributed by atoms with Crippen LogP contribution in [-0.4, -0.2) is 41.4 Å². The molecule has 7 nitrogen and oxygen atoms in total. The van der Waals surface area contributed by atoms with Crippen molar-refractivity contribution in [3.05, 3.63) is 41.5 Å². The van der Waals surface area contributed by atoms with Crippen molar-refractivity contribution in [2.75, 3.05) is 20.3 Å². The van der Waals surface area contributed by atoms with Gasteiger partial charge in [-0.15, -0.1) is 12.4 Å². The molecular formula is C17H25ClN4O3. The van der Waals surface area contributed by atoms with Crippen LogP contribution < -0.4 is 10.5 Å². The van der Waals surface area contributed by atoms with Crippen LogP contribution in [0.5, 0.6) is 5.75 Å². The van der Waals surface area contributed by atoms with Gasteiger partial charge in [-0.3, -0.25) is 4.90 Å². The van der Waals surface area contributed by atoms with E-state index in [1.165, 1.54) is 5.56 Å². The van der Waals surface area contributed by atoms with Gasteiger partial charge in [0.1, 0.15) is 5.75 Å². The summed E-state index contributed by atoms with van der Waals surface area (Å²) >= 11 is 0. The molecule has 1 aliphatic heterocycles. The molecule has 2 N–H and O–H groups in total. The standard InChI is InChI=1S/C17H24N4O3.ClH/c1-22-14-5-2-4-13(8-14)10-21(11-15-6-3-7-23-15)12-16-19-17(9-18)24-20-16;/h2,4-5,8,15H,3,6-7,9-12,18H2,1H3;1H. The summed E-state index contributed by atoms with van der Waals surface area (Å²) in [6.07, 6.45) is 2.48. The maximum atomic E-state index is 5.78. The molecular weight excluding hydrogens is 344 g/mol. The highest BCUT2D eigenvalue weighted by molar-refractivity contribution is 5.85. The largest absolute Gasteiger partial charge is 0.497 e. The summed E-state index contributed by atoms with van der Waals surface area (Å²) in [6, 6.07) is 8.08. The topological polar surface area (TPSA) is 86.6 Å². The van der Waals surface area contributed by atoms with Crippen LogP contribution in [-0.2, 0) is 24.4 Å². The van der Waals surface area contributed by atoms with Crippen molar-refractivity contribution in [1.82, 2.24) is 15.0 Å².